The maximum atomic E-state index is 12.6. The van der Waals surface area contributed by atoms with E-state index >= 15 is 0 Å². The number of nitrogens with zero attached hydrogens (tertiary/aromatic N) is 3. The minimum Gasteiger partial charge on any atom is -0.336 e. The van der Waals surface area contributed by atoms with Gasteiger partial charge in [-0.2, -0.15) is 5.10 Å². The molecule has 5 nitrogen and oxygen atoms in total. The van der Waals surface area contributed by atoms with E-state index in [9.17, 15) is 4.79 Å². The standard InChI is InChI=1S/C18H24N4O.ClH/c1-13-10-15(3)22(20-13)12-16-4-6-17(7-5-16)18(23)21-9-8-19-14(2)11-21;/h4-7,10,14,19H,8-9,11-12H2,1-3H3;1H. The summed E-state index contributed by atoms with van der Waals surface area (Å²) < 4.78 is 1.99. The summed E-state index contributed by atoms with van der Waals surface area (Å²) in [7, 11) is 0. The molecule has 1 unspecified atom stereocenters. The third-order valence-electron chi connectivity index (χ3n) is 4.29. The zero-order valence-corrected chi connectivity index (χ0v) is 15.3. The van der Waals surface area contributed by atoms with Crippen LogP contribution in [0.15, 0.2) is 30.3 Å². The SMILES string of the molecule is Cc1cc(C)n(Cc2ccc(C(=O)N3CCNC(C)C3)cc2)n1.Cl. The van der Waals surface area contributed by atoms with Gasteiger partial charge in [-0.15, -0.1) is 12.4 Å². The van der Waals surface area contributed by atoms with Crippen LogP contribution < -0.4 is 5.32 Å². The molecular weight excluding hydrogens is 324 g/mol. The van der Waals surface area contributed by atoms with Gasteiger partial charge < -0.3 is 10.2 Å². The van der Waals surface area contributed by atoms with Crippen LogP contribution in [0, 0.1) is 13.8 Å². The van der Waals surface area contributed by atoms with Crippen molar-refractivity contribution in [3.63, 3.8) is 0 Å². The lowest BCUT2D eigenvalue weighted by Crippen LogP contribution is -2.51. The summed E-state index contributed by atoms with van der Waals surface area (Å²) in [5.41, 5.74) is 4.09. The van der Waals surface area contributed by atoms with Gasteiger partial charge in [-0.3, -0.25) is 9.48 Å². The van der Waals surface area contributed by atoms with Crippen molar-refractivity contribution >= 4 is 18.3 Å². The van der Waals surface area contributed by atoms with E-state index in [0.29, 0.717) is 6.04 Å². The Morgan fingerprint density at radius 1 is 1.29 bits per heavy atom. The molecule has 130 valence electrons. The van der Waals surface area contributed by atoms with Crippen molar-refractivity contribution in [3.05, 3.63) is 52.8 Å². The van der Waals surface area contributed by atoms with Gasteiger partial charge in [0.25, 0.3) is 5.91 Å². The predicted molar refractivity (Wildman–Crippen MR) is 97.9 cm³/mol. The zero-order chi connectivity index (χ0) is 16.4. The number of rotatable bonds is 3. The first kappa shape index (κ1) is 18.5. The quantitative estimate of drug-likeness (QED) is 0.926. The van der Waals surface area contributed by atoms with Crippen LogP contribution in [-0.4, -0.2) is 46.3 Å². The van der Waals surface area contributed by atoms with Gasteiger partial charge in [0.2, 0.25) is 0 Å². The van der Waals surface area contributed by atoms with Crippen LogP contribution in [0.3, 0.4) is 0 Å². The minimum absolute atomic E-state index is 0. The predicted octanol–water partition coefficient (Wildman–Crippen LogP) is 2.40. The average Bonchev–Trinajstić information content (AvgIpc) is 2.85. The topological polar surface area (TPSA) is 50.2 Å². The summed E-state index contributed by atoms with van der Waals surface area (Å²) >= 11 is 0. The maximum Gasteiger partial charge on any atom is 0.253 e. The molecule has 1 N–H and O–H groups in total. The van der Waals surface area contributed by atoms with Gasteiger partial charge in [-0.1, -0.05) is 12.1 Å². The first-order chi connectivity index (χ1) is 11.0. The lowest BCUT2D eigenvalue weighted by molar-refractivity contribution is 0.0709. The first-order valence-electron chi connectivity index (χ1n) is 8.15. The monoisotopic (exact) mass is 348 g/mol. The molecule has 3 rings (SSSR count). The fraction of sp³-hybridized carbons (Fsp3) is 0.444. The molecule has 1 aromatic carbocycles. The van der Waals surface area contributed by atoms with Crippen LogP contribution in [0.25, 0.3) is 0 Å². The molecular formula is C18H25ClN4O. The summed E-state index contributed by atoms with van der Waals surface area (Å²) in [6.07, 6.45) is 0. The number of benzene rings is 1. The second kappa shape index (κ2) is 7.81. The Balaban J connectivity index is 0.00000208. The highest BCUT2D eigenvalue weighted by Crippen LogP contribution is 2.12. The van der Waals surface area contributed by atoms with Gasteiger partial charge in [0.1, 0.15) is 0 Å². The molecule has 0 bridgehead atoms. The molecule has 1 aromatic heterocycles. The molecule has 1 amide bonds. The fourth-order valence-corrected chi connectivity index (χ4v) is 3.06. The molecule has 0 aliphatic carbocycles. The summed E-state index contributed by atoms with van der Waals surface area (Å²) in [5.74, 6) is 0.121. The Hall–Kier alpha value is -1.85. The largest absolute Gasteiger partial charge is 0.336 e. The summed E-state index contributed by atoms with van der Waals surface area (Å²) in [6, 6.07) is 10.3. The van der Waals surface area contributed by atoms with Crippen molar-refractivity contribution in [3.8, 4) is 0 Å². The molecule has 0 saturated carbocycles. The van der Waals surface area contributed by atoms with E-state index < -0.39 is 0 Å². The van der Waals surface area contributed by atoms with Crippen LogP contribution in [-0.2, 0) is 6.54 Å². The van der Waals surface area contributed by atoms with E-state index in [1.54, 1.807) is 0 Å². The average molecular weight is 349 g/mol. The van der Waals surface area contributed by atoms with Crippen molar-refractivity contribution in [2.75, 3.05) is 19.6 Å². The van der Waals surface area contributed by atoms with E-state index in [4.69, 9.17) is 0 Å². The minimum atomic E-state index is 0. The van der Waals surface area contributed by atoms with E-state index in [1.165, 1.54) is 0 Å². The van der Waals surface area contributed by atoms with Crippen molar-refractivity contribution in [1.82, 2.24) is 20.0 Å². The second-order valence-electron chi connectivity index (χ2n) is 6.39. The number of carbonyl (C=O) groups is 1. The van der Waals surface area contributed by atoms with Gasteiger partial charge in [-0.25, -0.2) is 0 Å². The Labute approximate surface area is 149 Å². The van der Waals surface area contributed by atoms with Crippen molar-refractivity contribution in [2.24, 2.45) is 0 Å². The molecule has 1 saturated heterocycles. The molecule has 6 heteroatoms. The number of halogens is 1. The molecule has 24 heavy (non-hydrogen) atoms. The molecule has 0 spiro atoms. The first-order valence-corrected chi connectivity index (χ1v) is 8.15. The maximum absolute atomic E-state index is 12.6. The normalized spacial score (nSPS) is 17.5. The Morgan fingerprint density at radius 3 is 2.58 bits per heavy atom. The zero-order valence-electron chi connectivity index (χ0n) is 14.5. The summed E-state index contributed by atoms with van der Waals surface area (Å²) in [6.45, 7) is 9.31. The Bertz CT molecular complexity index is 696. The smallest absolute Gasteiger partial charge is 0.253 e. The molecule has 1 atom stereocenters. The lowest BCUT2D eigenvalue weighted by Gasteiger charge is -2.32. The second-order valence-corrected chi connectivity index (χ2v) is 6.39. The van der Waals surface area contributed by atoms with E-state index in [2.05, 4.69) is 30.3 Å². The number of aryl methyl sites for hydroxylation is 2. The van der Waals surface area contributed by atoms with Crippen LogP contribution in [0.4, 0.5) is 0 Å². The highest BCUT2D eigenvalue weighted by Gasteiger charge is 2.21. The summed E-state index contributed by atoms with van der Waals surface area (Å²) in [4.78, 5) is 14.5. The highest BCUT2D eigenvalue weighted by molar-refractivity contribution is 5.94. The van der Waals surface area contributed by atoms with Gasteiger partial charge in [-0.05, 0) is 44.5 Å². The van der Waals surface area contributed by atoms with Gasteiger partial charge >= 0.3 is 0 Å². The fourth-order valence-electron chi connectivity index (χ4n) is 3.06. The van der Waals surface area contributed by atoms with Crippen LogP contribution in [0.2, 0.25) is 0 Å². The number of hydrogen-bond acceptors (Lipinski definition) is 3. The number of piperazine rings is 1. The van der Waals surface area contributed by atoms with Crippen LogP contribution in [0.5, 0.6) is 0 Å². The third kappa shape index (κ3) is 4.16. The van der Waals surface area contributed by atoms with Crippen molar-refractivity contribution in [2.45, 2.75) is 33.4 Å². The molecule has 1 aliphatic heterocycles. The number of amides is 1. The Morgan fingerprint density at radius 2 is 2.00 bits per heavy atom. The number of nitrogens with one attached hydrogen (secondary N) is 1. The van der Waals surface area contributed by atoms with Crippen molar-refractivity contribution in [1.29, 1.82) is 0 Å². The molecule has 1 aliphatic rings. The summed E-state index contributed by atoms with van der Waals surface area (Å²) in [5, 5.41) is 7.84. The lowest BCUT2D eigenvalue weighted by atomic mass is 10.1. The molecule has 2 heterocycles. The molecule has 0 radical (unpaired) electrons. The number of aromatic nitrogens is 2. The third-order valence-corrected chi connectivity index (χ3v) is 4.29. The van der Waals surface area contributed by atoms with Crippen molar-refractivity contribution < 1.29 is 4.79 Å². The van der Waals surface area contributed by atoms with E-state index in [-0.39, 0.29) is 18.3 Å². The Kier molecular flexibility index (Phi) is 6.02. The van der Waals surface area contributed by atoms with Crippen LogP contribution in [0.1, 0.15) is 34.2 Å². The molecule has 2 aromatic rings. The molecule has 1 fully saturated rings. The number of carbonyl (C=O) groups excluding carboxylic acids is 1. The number of hydrogen-bond donors (Lipinski definition) is 1. The van der Waals surface area contributed by atoms with Gasteiger partial charge in [0.05, 0.1) is 12.2 Å². The van der Waals surface area contributed by atoms with E-state index in [1.807, 2.05) is 40.8 Å². The highest BCUT2D eigenvalue weighted by atomic mass is 35.5. The van der Waals surface area contributed by atoms with Gasteiger partial charge in [0, 0.05) is 36.9 Å². The van der Waals surface area contributed by atoms with E-state index in [0.717, 1.165) is 48.7 Å². The van der Waals surface area contributed by atoms with Gasteiger partial charge in [0.15, 0.2) is 0 Å². The van der Waals surface area contributed by atoms with Crippen LogP contribution >= 0.6 is 12.4 Å².